The molecule has 0 fully saturated rings. The first-order valence-corrected chi connectivity index (χ1v) is 17.4. The summed E-state index contributed by atoms with van der Waals surface area (Å²) in [5.74, 6) is 0. The van der Waals surface area contributed by atoms with Crippen molar-refractivity contribution in [2.75, 3.05) is 0 Å². The van der Waals surface area contributed by atoms with Crippen molar-refractivity contribution in [2.24, 2.45) is 0 Å². The maximum atomic E-state index is 4.71. The molecular formula is C49H37N. The van der Waals surface area contributed by atoms with Crippen LogP contribution in [0.5, 0.6) is 0 Å². The summed E-state index contributed by atoms with van der Waals surface area (Å²) in [7, 11) is 0. The van der Waals surface area contributed by atoms with E-state index in [1.165, 1.54) is 82.2 Å². The lowest BCUT2D eigenvalue weighted by molar-refractivity contribution is 0.635. The molecule has 1 heteroatoms. The maximum absolute atomic E-state index is 4.71. The Morgan fingerprint density at radius 2 is 1.28 bits per heavy atom. The molecule has 7 aromatic carbocycles. The highest BCUT2D eigenvalue weighted by molar-refractivity contribution is 6.22. The standard InChI is InChI=1S/C49H37N/c1-32-12-5-4-6-15-35-21-23-39(30-46(35)49(32,2)3)47-43-26-27-50-31-45(43)48(38-22-20-33-13-7-8-16-36(33)28-38)42-25-24-37(29-44(42)47)41-19-11-17-34-14-9-10-18-40(34)41/h4-14,16-31H,1,15H2,2-3H3/b6-4-,12-5-. The van der Waals surface area contributed by atoms with Crippen LogP contribution in [0.1, 0.15) is 25.0 Å². The van der Waals surface area contributed by atoms with Gasteiger partial charge < -0.3 is 0 Å². The lowest BCUT2D eigenvalue weighted by Gasteiger charge is -2.29. The molecule has 1 nitrogen and oxygen atoms in total. The van der Waals surface area contributed by atoms with Crippen LogP contribution in [0.4, 0.5) is 0 Å². The molecular weight excluding hydrogens is 603 g/mol. The lowest BCUT2D eigenvalue weighted by Crippen LogP contribution is -2.20. The first-order valence-electron chi connectivity index (χ1n) is 17.4. The van der Waals surface area contributed by atoms with E-state index in [0.29, 0.717) is 0 Å². The van der Waals surface area contributed by atoms with E-state index >= 15 is 0 Å². The molecule has 238 valence electrons. The van der Waals surface area contributed by atoms with Gasteiger partial charge in [0.15, 0.2) is 0 Å². The zero-order valence-corrected chi connectivity index (χ0v) is 28.4. The van der Waals surface area contributed by atoms with Crippen molar-refractivity contribution in [1.29, 1.82) is 0 Å². The van der Waals surface area contributed by atoms with E-state index < -0.39 is 0 Å². The van der Waals surface area contributed by atoms with Gasteiger partial charge in [-0.05, 0) is 118 Å². The van der Waals surface area contributed by atoms with Gasteiger partial charge in [0.25, 0.3) is 0 Å². The van der Waals surface area contributed by atoms with Crippen molar-refractivity contribution >= 4 is 43.1 Å². The molecule has 1 heterocycles. The van der Waals surface area contributed by atoms with Gasteiger partial charge in [-0.1, -0.05) is 148 Å². The van der Waals surface area contributed by atoms with Gasteiger partial charge in [-0.2, -0.15) is 0 Å². The summed E-state index contributed by atoms with van der Waals surface area (Å²) < 4.78 is 0. The van der Waals surface area contributed by atoms with Gasteiger partial charge in [0.1, 0.15) is 0 Å². The van der Waals surface area contributed by atoms with Gasteiger partial charge in [0.2, 0.25) is 0 Å². The molecule has 0 N–H and O–H groups in total. The summed E-state index contributed by atoms with van der Waals surface area (Å²) in [5.41, 5.74) is 10.8. The minimum absolute atomic E-state index is 0.236. The molecule has 0 radical (unpaired) electrons. The predicted molar refractivity (Wildman–Crippen MR) is 215 cm³/mol. The summed E-state index contributed by atoms with van der Waals surface area (Å²) in [6.45, 7) is 9.12. The van der Waals surface area contributed by atoms with Crippen LogP contribution in [0.25, 0.3) is 76.5 Å². The van der Waals surface area contributed by atoms with Crippen molar-refractivity contribution < 1.29 is 0 Å². The maximum Gasteiger partial charge on any atom is 0.0353 e. The van der Waals surface area contributed by atoms with Gasteiger partial charge >= 0.3 is 0 Å². The molecule has 0 atom stereocenters. The van der Waals surface area contributed by atoms with E-state index in [1.54, 1.807) is 0 Å². The van der Waals surface area contributed by atoms with E-state index in [0.717, 1.165) is 17.4 Å². The quantitative estimate of drug-likeness (QED) is 0.175. The predicted octanol–water partition coefficient (Wildman–Crippen LogP) is 13.2. The summed E-state index contributed by atoms with van der Waals surface area (Å²) >= 11 is 0. The van der Waals surface area contributed by atoms with Crippen molar-refractivity contribution in [2.45, 2.75) is 25.7 Å². The Hall–Kier alpha value is -6.05. The molecule has 9 rings (SSSR count). The Morgan fingerprint density at radius 1 is 0.560 bits per heavy atom. The number of pyridine rings is 1. The number of aromatic nitrogens is 1. The molecule has 0 amide bonds. The second-order valence-electron chi connectivity index (χ2n) is 14.0. The fraction of sp³-hybridized carbons (Fsp3) is 0.0816. The third kappa shape index (κ3) is 4.89. The summed E-state index contributed by atoms with van der Waals surface area (Å²) in [5, 5.41) is 9.78. The van der Waals surface area contributed by atoms with Crippen LogP contribution < -0.4 is 0 Å². The van der Waals surface area contributed by atoms with Crippen LogP contribution in [0, 0.1) is 0 Å². The summed E-state index contributed by atoms with van der Waals surface area (Å²) in [6.07, 6.45) is 13.5. The van der Waals surface area contributed by atoms with E-state index in [-0.39, 0.29) is 5.41 Å². The summed E-state index contributed by atoms with van der Waals surface area (Å²) in [6, 6.07) is 47.1. The Morgan fingerprint density at radius 3 is 2.18 bits per heavy atom. The molecule has 0 saturated carbocycles. The molecule has 0 bridgehead atoms. The lowest BCUT2D eigenvalue weighted by atomic mass is 9.74. The van der Waals surface area contributed by atoms with Crippen molar-refractivity contribution in [1.82, 2.24) is 4.98 Å². The minimum atomic E-state index is -0.236. The Bertz CT molecular complexity index is 2720. The second kappa shape index (κ2) is 11.8. The number of fused-ring (bicyclic) bond motifs is 5. The molecule has 1 aliphatic carbocycles. The molecule has 1 aliphatic rings. The SMILES string of the molecule is C=C1/C=C\C=C/Cc2ccc(-c3c4ccncc4c(-c4ccc5ccccc5c4)c4ccc(-c5cccc6ccccc56)cc34)cc2C1(C)C. The number of rotatable bonds is 3. The summed E-state index contributed by atoms with van der Waals surface area (Å²) in [4.78, 5) is 4.71. The number of hydrogen-bond donors (Lipinski definition) is 0. The fourth-order valence-electron chi connectivity index (χ4n) is 8.00. The molecule has 0 aliphatic heterocycles. The number of nitrogens with zero attached hydrogens (tertiary/aromatic N) is 1. The molecule has 1 aromatic heterocycles. The van der Waals surface area contributed by atoms with Crippen molar-refractivity contribution in [3.8, 4) is 33.4 Å². The highest BCUT2D eigenvalue weighted by atomic mass is 14.6. The molecule has 8 aromatic rings. The highest BCUT2D eigenvalue weighted by Gasteiger charge is 2.27. The average molecular weight is 640 g/mol. The van der Waals surface area contributed by atoms with Gasteiger partial charge in [-0.15, -0.1) is 0 Å². The van der Waals surface area contributed by atoms with E-state index in [2.05, 4.69) is 178 Å². The Balaban J connectivity index is 1.39. The van der Waals surface area contributed by atoms with Crippen LogP contribution >= 0.6 is 0 Å². The van der Waals surface area contributed by atoms with Gasteiger partial charge in [-0.3, -0.25) is 4.98 Å². The van der Waals surface area contributed by atoms with Crippen LogP contribution in [-0.2, 0) is 11.8 Å². The van der Waals surface area contributed by atoms with Crippen LogP contribution in [0.3, 0.4) is 0 Å². The van der Waals surface area contributed by atoms with Gasteiger partial charge in [-0.25, -0.2) is 0 Å². The Kier molecular flexibility index (Phi) is 7.10. The number of hydrogen-bond acceptors (Lipinski definition) is 1. The first-order chi connectivity index (χ1) is 24.5. The molecule has 0 spiro atoms. The van der Waals surface area contributed by atoms with Crippen molar-refractivity contribution in [3.05, 3.63) is 187 Å². The van der Waals surface area contributed by atoms with Crippen LogP contribution in [0.2, 0.25) is 0 Å². The van der Waals surface area contributed by atoms with Crippen LogP contribution in [0.15, 0.2) is 176 Å². The molecule has 50 heavy (non-hydrogen) atoms. The monoisotopic (exact) mass is 639 g/mol. The normalized spacial score (nSPS) is 15.4. The third-order valence-electron chi connectivity index (χ3n) is 10.8. The Labute approximate surface area is 293 Å². The van der Waals surface area contributed by atoms with Crippen molar-refractivity contribution in [3.63, 3.8) is 0 Å². The van der Waals surface area contributed by atoms with Crippen LogP contribution in [-0.4, -0.2) is 4.98 Å². The first kappa shape index (κ1) is 30.0. The zero-order valence-electron chi connectivity index (χ0n) is 28.4. The van der Waals surface area contributed by atoms with Gasteiger partial charge in [0.05, 0.1) is 0 Å². The average Bonchev–Trinajstić information content (AvgIpc) is 3.20. The largest absolute Gasteiger partial charge is 0.264 e. The minimum Gasteiger partial charge on any atom is -0.264 e. The van der Waals surface area contributed by atoms with Gasteiger partial charge in [0, 0.05) is 23.2 Å². The fourth-order valence-corrected chi connectivity index (χ4v) is 8.00. The smallest absolute Gasteiger partial charge is 0.0353 e. The van der Waals surface area contributed by atoms with E-state index in [9.17, 15) is 0 Å². The highest BCUT2D eigenvalue weighted by Crippen LogP contribution is 2.47. The van der Waals surface area contributed by atoms with E-state index in [1.807, 2.05) is 6.20 Å². The molecule has 0 unspecified atom stereocenters. The second-order valence-corrected chi connectivity index (χ2v) is 14.0. The molecule has 0 saturated heterocycles. The third-order valence-corrected chi connectivity index (χ3v) is 10.8. The van der Waals surface area contributed by atoms with E-state index in [4.69, 9.17) is 4.98 Å². The topological polar surface area (TPSA) is 12.9 Å². The number of allylic oxidation sites excluding steroid dienone is 5. The number of benzene rings is 7. The zero-order chi connectivity index (χ0) is 33.8.